The van der Waals surface area contributed by atoms with Crippen molar-refractivity contribution in [3.05, 3.63) is 71.5 Å². The largest absolute Gasteiger partial charge is 0.383 e. The first-order valence-electron chi connectivity index (χ1n) is 10.2. The molecular weight excluding hydrogens is 385 g/mol. The number of carbonyl (C=O) groups is 2. The fourth-order valence-corrected chi connectivity index (χ4v) is 3.62. The van der Waals surface area contributed by atoms with Crippen LogP contribution < -0.4 is 5.32 Å². The number of carbonyl (C=O) groups excluding carboxylic acids is 2. The molecule has 3 amide bonds. The number of nitrogens with one attached hydrogen (secondary N) is 1. The molecule has 0 radical (unpaired) electrons. The van der Waals surface area contributed by atoms with Crippen LogP contribution in [0.3, 0.4) is 0 Å². The van der Waals surface area contributed by atoms with Crippen molar-refractivity contribution in [2.75, 3.05) is 39.9 Å². The maximum atomic E-state index is 13.1. The summed E-state index contributed by atoms with van der Waals surface area (Å²) in [5.41, 5.74) is 1.59. The summed E-state index contributed by atoms with van der Waals surface area (Å²) < 4.78 is 18.4. The Morgan fingerprint density at radius 3 is 2.37 bits per heavy atom. The van der Waals surface area contributed by atoms with Crippen LogP contribution >= 0.6 is 0 Å². The van der Waals surface area contributed by atoms with Gasteiger partial charge in [-0.1, -0.05) is 30.3 Å². The average Bonchev–Trinajstić information content (AvgIpc) is 3.01. The summed E-state index contributed by atoms with van der Waals surface area (Å²) in [6.45, 7) is 2.44. The van der Waals surface area contributed by atoms with Crippen molar-refractivity contribution in [1.29, 1.82) is 0 Å². The van der Waals surface area contributed by atoms with Crippen LogP contribution in [0.1, 0.15) is 22.3 Å². The molecule has 160 valence electrons. The zero-order valence-electron chi connectivity index (χ0n) is 17.2. The minimum Gasteiger partial charge on any atom is -0.383 e. The van der Waals surface area contributed by atoms with Crippen molar-refractivity contribution in [2.45, 2.75) is 18.9 Å². The van der Waals surface area contributed by atoms with Gasteiger partial charge in [0, 0.05) is 38.9 Å². The maximum absolute atomic E-state index is 13.1. The normalized spacial score (nSPS) is 15.4. The first-order chi connectivity index (χ1) is 14.6. The molecule has 1 atom stereocenters. The topological polar surface area (TPSA) is 61.9 Å². The fourth-order valence-electron chi connectivity index (χ4n) is 3.62. The number of methoxy groups -OCH3 is 1. The standard InChI is InChI=1S/C23H28FN3O3/c1-30-17-21(16-18-6-3-2-4-7-18)25-23(29)27-13-5-12-26(14-15-27)22(28)19-8-10-20(24)11-9-19/h2-4,6-11,21H,5,12-17H2,1H3,(H,25,29). The summed E-state index contributed by atoms with van der Waals surface area (Å²) in [6.07, 6.45) is 1.37. The minimum atomic E-state index is -0.369. The molecule has 1 N–H and O–H groups in total. The molecule has 1 aliphatic heterocycles. The Bertz CT molecular complexity index is 829. The predicted octanol–water partition coefficient (Wildman–Crippen LogP) is 2.94. The average molecular weight is 413 g/mol. The van der Waals surface area contributed by atoms with Crippen molar-refractivity contribution in [1.82, 2.24) is 15.1 Å². The molecule has 1 unspecified atom stereocenters. The van der Waals surface area contributed by atoms with E-state index >= 15 is 0 Å². The van der Waals surface area contributed by atoms with Gasteiger partial charge in [-0.05, 0) is 42.7 Å². The Morgan fingerprint density at radius 1 is 1.00 bits per heavy atom. The molecule has 0 saturated carbocycles. The van der Waals surface area contributed by atoms with Crippen LogP contribution in [0.5, 0.6) is 0 Å². The fraction of sp³-hybridized carbons (Fsp3) is 0.391. The summed E-state index contributed by atoms with van der Waals surface area (Å²) in [5.74, 6) is -0.509. The lowest BCUT2D eigenvalue weighted by atomic mass is 10.1. The lowest BCUT2D eigenvalue weighted by molar-refractivity contribution is 0.0762. The van der Waals surface area contributed by atoms with E-state index in [0.29, 0.717) is 51.2 Å². The first kappa shape index (κ1) is 21.8. The second kappa shape index (κ2) is 10.7. The van der Waals surface area contributed by atoms with Crippen LogP contribution in [0.25, 0.3) is 0 Å². The molecule has 3 rings (SSSR count). The van der Waals surface area contributed by atoms with E-state index in [-0.39, 0.29) is 23.8 Å². The summed E-state index contributed by atoms with van der Waals surface area (Å²) in [5, 5.41) is 3.06. The molecule has 0 spiro atoms. The molecule has 0 bridgehead atoms. The molecule has 1 heterocycles. The van der Waals surface area contributed by atoms with Gasteiger partial charge in [-0.3, -0.25) is 4.79 Å². The zero-order valence-corrected chi connectivity index (χ0v) is 17.2. The summed E-state index contributed by atoms with van der Waals surface area (Å²) in [6, 6.07) is 15.2. The van der Waals surface area contributed by atoms with Crippen molar-refractivity contribution >= 4 is 11.9 Å². The summed E-state index contributed by atoms with van der Waals surface area (Å²) in [4.78, 5) is 29.0. The third kappa shape index (κ3) is 6.03. The highest BCUT2D eigenvalue weighted by Crippen LogP contribution is 2.11. The van der Waals surface area contributed by atoms with Crippen molar-refractivity contribution < 1.29 is 18.7 Å². The van der Waals surface area contributed by atoms with E-state index in [1.807, 2.05) is 30.3 Å². The highest BCUT2D eigenvalue weighted by molar-refractivity contribution is 5.94. The number of rotatable bonds is 6. The number of nitrogens with zero attached hydrogens (tertiary/aromatic N) is 2. The van der Waals surface area contributed by atoms with E-state index in [9.17, 15) is 14.0 Å². The van der Waals surface area contributed by atoms with Crippen molar-refractivity contribution in [3.8, 4) is 0 Å². The number of urea groups is 1. The number of ether oxygens (including phenoxy) is 1. The molecule has 0 aromatic heterocycles. The van der Waals surface area contributed by atoms with E-state index in [1.165, 1.54) is 24.3 Å². The van der Waals surface area contributed by atoms with E-state index in [2.05, 4.69) is 5.32 Å². The Labute approximate surface area is 176 Å². The molecular formula is C23H28FN3O3. The summed E-state index contributed by atoms with van der Waals surface area (Å²) in [7, 11) is 1.62. The van der Waals surface area contributed by atoms with Gasteiger partial charge in [0.2, 0.25) is 0 Å². The van der Waals surface area contributed by atoms with Crippen molar-refractivity contribution in [2.24, 2.45) is 0 Å². The number of benzene rings is 2. The Kier molecular flexibility index (Phi) is 7.79. The first-order valence-corrected chi connectivity index (χ1v) is 10.2. The third-order valence-electron chi connectivity index (χ3n) is 5.18. The quantitative estimate of drug-likeness (QED) is 0.792. The molecule has 30 heavy (non-hydrogen) atoms. The van der Waals surface area contributed by atoms with Crippen LogP contribution in [-0.4, -0.2) is 67.7 Å². The van der Waals surface area contributed by atoms with E-state index in [1.54, 1.807) is 16.9 Å². The Balaban J connectivity index is 1.56. The van der Waals surface area contributed by atoms with E-state index in [4.69, 9.17) is 4.74 Å². The third-order valence-corrected chi connectivity index (χ3v) is 5.18. The molecule has 1 aliphatic rings. The van der Waals surface area contributed by atoms with Crippen LogP contribution in [0.2, 0.25) is 0 Å². The second-order valence-corrected chi connectivity index (χ2v) is 7.43. The van der Waals surface area contributed by atoms with Gasteiger partial charge < -0.3 is 19.9 Å². The second-order valence-electron chi connectivity index (χ2n) is 7.43. The molecule has 2 aromatic rings. The van der Waals surface area contributed by atoms with Crippen LogP contribution in [0.15, 0.2) is 54.6 Å². The van der Waals surface area contributed by atoms with Gasteiger partial charge in [0.25, 0.3) is 5.91 Å². The number of amides is 3. The number of halogens is 1. The van der Waals surface area contributed by atoms with Crippen LogP contribution in [0, 0.1) is 5.82 Å². The van der Waals surface area contributed by atoms with Gasteiger partial charge >= 0.3 is 6.03 Å². The summed E-state index contributed by atoms with van der Waals surface area (Å²) >= 11 is 0. The van der Waals surface area contributed by atoms with Crippen molar-refractivity contribution in [3.63, 3.8) is 0 Å². The van der Waals surface area contributed by atoms with Gasteiger partial charge in [-0.2, -0.15) is 0 Å². The molecule has 1 saturated heterocycles. The monoisotopic (exact) mass is 413 g/mol. The minimum absolute atomic E-state index is 0.134. The van der Waals surface area contributed by atoms with Gasteiger partial charge in [-0.25, -0.2) is 9.18 Å². The lowest BCUT2D eigenvalue weighted by Gasteiger charge is -2.25. The molecule has 0 aliphatic carbocycles. The van der Waals surface area contributed by atoms with E-state index in [0.717, 1.165) is 5.56 Å². The smallest absolute Gasteiger partial charge is 0.317 e. The van der Waals surface area contributed by atoms with E-state index < -0.39 is 0 Å². The molecule has 7 heteroatoms. The molecule has 2 aromatic carbocycles. The van der Waals surface area contributed by atoms with Crippen LogP contribution in [-0.2, 0) is 11.2 Å². The highest BCUT2D eigenvalue weighted by Gasteiger charge is 2.24. The SMILES string of the molecule is COCC(Cc1ccccc1)NC(=O)N1CCCN(C(=O)c2ccc(F)cc2)CC1. The molecule has 6 nitrogen and oxygen atoms in total. The number of hydrogen-bond donors (Lipinski definition) is 1. The number of hydrogen-bond acceptors (Lipinski definition) is 3. The predicted molar refractivity (Wildman–Crippen MR) is 113 cm³/mol. The lowest BCUT2D eigenvalue weighted by Crippen LogP contribution is -2.48. The highest BCUT2D eigenvalue weighted by atomic mass is 19.1. The zero-order chi connectivity index (χ0) is 21.3. The Hall–Kier alpha value is -2.93. The van der Waals surface area contributed by atoms with Gasteiger partial charge in [0.15, 0.2) is 0 Å². The van der Waals surface area contributed by atoms with Gasteiger partial charge in [-0.15, -0.1) is 0 Å². The van der Waals surface area contributed by atoms with Gasteiger partial charge in [0.1, 0.15) is 5.82 Å². The maximum Gasteiger partial charge on any atom is 0.317 e. The van der Waals surface area contributed by atoms with Gasteiger partial charge in [0.05, 0.1) is 12.6 Å². The molecule has 1 fully saturated rings. The Morgan fingerprint density at radius 2 is 1.67 bits per heavy atom. The van der Waals surface area contributed by atoms with Crippen LogP contribution in [0.4, 0.5) is 9.18 Å².